The minimum atomic E-state index is -0.935. The molecule has 1 heterocycles. The Morgan fingerprint density at radius 3 is 3.11 bits per heavy atom. The predicted octanol–water partition coefficient (Wildman–Crippen LogP) is 1.70. The average Bonchev–Trinajstić information content (AvgIpc) is 2.38. The van der Waals surface area contributed by atoms with Crippen molar-refractivity contribution in [1.29, 1.82) is 0 Å². The van der Waals surface area contributed by atoms with Crippen LogP contribution in [0.4, 0.5) is 0 Å². The molecule has 0 spiro atoms. The molecule has 5 heteroatoms. The molecule has 2 rings (SSSR count). The van der Waals surface area contributed by atoms with Crippen LogP contribution < -0.4 is 10.5 Å². The van der Waals surface area contributed by atoms with Crippen LogP contribution in [0, 0.1) is 0 Å². The summed E-state index contributed by atoms with van der Waals surface area (Å²) < 4.78 is 5.59. The molecule has 0 fully saturated rings. The Balaban J connectivity index is 1.90. The maximum absolute atomic E-state index is 10.6. The molecule has 18 heavy (non-hydrogen) atoms. The molecule has 0 aromatic heterocycles. The Hall–Kier alpha value is -1.20. The summed E-state index contributed by atoms with van der Waals surface area (Å²) in [6.45, 7) is 0.729. The summed E-state index contributed by atoms with van der Waals surface area (Å²) in [5.41, 5.74) is 6.70. The summed E-state index contributed by atoms with van der Waals surface area (Å²) in [7, 11) is 0. The molecule has 3 N–H and O–H groups in total. The number of nitrogens with two attached hydrogens (primary N) is 1. The maximum atomic E-state index is 10.6. The van der Waals surface area contributed by atoms with Gasteiger partial charge in [0.15, 0.2) is 0 Å². The first-order valence-electron chi connectivity index (χ1n) is 5.96. The van der Waals surface area contributed by atoms with E-state index in [4.69, 9.17) is 15.6 Å². The lowest BCUT2D eigenvalue weighted by Gasteiger charge is -2.25. The number of ether oxygens (including phenoxy) is 1. The summed E-state index contributed by atoms with van der Waals surface area (Å²) in [4.78, 5) is 10.6. The van der Waals surface area contributed by atoms with E-state index >= 15 is 0 Å². The van der Waals surface area contributed by atoms with Gasteiger partial charge in [-0.05, 0) is 24.0 Å². The number of para-hydroxylation sites is 1. The molecule has 1 unspecified atom stereocenters. The summed E-state index contributed by atoms with van der Waals surface area (Å²) in [6.07, 6.45) is 0.978. The lowest BCUT2D eigenvalue weighted by molar-refractivity contribution is -0.137. The first-order chi connectivity index (χ1) is 8.68. The number of carbonyl (C=O) groups is 1. The smallest absolute Gasteiger partial charge is 0.321 e. The first-order valence-corrected chi connectivity index (χ1v) is 7.12. The summed E-state index contributed by atoms with van der Waals surface area (Å²) in [5.74, 6) is 1.80. The van der Waals surface area contributed by atoms with Crippen molar-refractivity contribution >= 4 is 17.7 Å². The third-order valence-electron chi connectivity index (χ3n) is 3.02. The number of carboxylic acid groups (broad SMARTS) is 1. The minimum Gasteiger partial charge on any atom is -0.493 e. The van der Waals surface area contributed by atoms with Crippen molar-refractivity contribution in [3.8, 4) is 5.75 Å². The highest BCUT2D eigenvalue weighted by atomic mass is 32.2. The molecule has 0 radical (unpaired) electrons. The third-order valence-corrected chi connectivity index (χ3v) is 4.25. The number of rotatable bonds is 5. The number of thioether (sulfide) groups is 1. The van der Waals surface area contributed by atoms with Crippen molar-refractivity contribution in [3.05, 3.63) is 29.8 Å². The molecule has 0 aliphatic carbocycles. The van der Waals surface area contributed by atoms with E-state index in [-0.39, 0.29) is 0 Å². The molecule has 0 bridgehead atoms. The lowest BCUT2D eigenvalue weighted by Crippen LogP contribution is -2.32. The quantitative estimate of drug-likeness (QED) is 0.849. The van der Waals surface area contributed by atoms with E-state index in [0.29, 0.717) is 11.7 Å². The van der Waals surface area contributed by atoms with Crippen molar-refractivity contribution in [3.63, 3.8) is 0 Å². The largest absolute Gasteiger partial charge is 0.493 e. The molecule has 0 saturated carbocycles. The van der Waals surface area contributed by atoms with Crippen molar-refractivity contribution in [2.24, 2.45) is 5.73 Å². The number of hydrogen-bond donors (Lipinski definition) is 2. The fourth-order valence-electron chi connectivity index (χ4n) is 2.00. The van der Waals surface area contributed by atoms with Crippen molar-refractivity contribution in [1.82, 2.24) is 0 Å². The first kappa shape index (κ1) is 13.2. The molecule has 98 valence electrons. The number of aliphatic carboxylic acids is 1. The van der Waals surface area contributed by atoms with E-state index in [0.717, 1.165) is 24.5 Å². The zero-order valence-electron chi connectivity index (χ0n) is 10.0. The van der Waals surface area contributed by atoms with E-state index < -0.39 is 12.0 Å². The highest BCUT2D eigenvalue weighted by Crippen LogP contribution is 2.35. The van der Waals surface area contributed by atoms with Gasteiger partial charge >= 0.3 is 5.97 Å². The fraction of sp³-hybridized carbons (Fsp3) is 0.462. The Bertz CT molecular complexity index is 424. The SMILES string of the molecule is N[C@H](CSCC1CCOc2ccccc21)C(=O)O. The van der Waals surface area contributed by atoms with Crippen LogP contribution in [-0.2, 0) is 4.79 Å². The zero-order chi connectivity index (χ0) is 13.0. The van der Waals surface area contributed by atoms with E-state index in [9.17, 15) is 4.79 Å². The van der Waals surface area contributed by atoms with Crippen LogP contribution >= 0.6 is 11.8 Å². The lowest BCUT2D eigenvalue weighted by atomic mass is 9.95. The molecule has 4 nitrogen and oxygen atoms in total. The van der Waals surface area contributed by atoms with Crippen LogP contribution in [0.3, 0.4) is 0 Å². The molecule has 1 aliphatic heterocycles. The van der Waals surface area contributed by atoms with Crippen LogP contribution in [0.2, 0.25) is 0 Å². The van der Waals surface area contributed by atoms with E-state index in [1.54, 1.807) is 11.8 Å². The van der Waals surface area contributed by atoms with Crippen LogP contribution in [0.1, 0.15) is 17.9 Å². The highest BCUT2D eigenvalue weighted by molar-refractivity contribution is 7.99. The van der Waals surface area contributed by atoms with Gasteiger partial charge in [0.2, 0.25) is 0 Å². The number of benzene rings is 1. The van der Waals surface area contributed by atoms with Crippen LogP contribution in [0.5, 0.6) is 5.75 Å². The predicted molar refractivity (Wildman–Crippen MR) is 72.2 cm³/mol. The number of hydrogen-bond acceptors (Lipinski definition) is 4. The second-order valence-corrected chi connectivity index (χ2v) is 5.43. The molecule has 2 atom stereocenters. The molecular weight excluding hydrogens is 250 g/mol. The van der Waals surface area contributed by atoms with Crippen molar-refractivity contribution < 1.29 is 14.6 Å². The Morgan fingerprint density at radius 2 is 2.33 bits per heavy atom. The summed E-state index contributed by atoms with van der Waals surface area (Å²) in [5, 5.41) is 8.72. The van der Waals surface area contributed by atoms with E-state index in [1.165, 1.54) is 5.56 Å². The van der Waals surface area contributed by atoms with Gasteiger partial charge in [-0.1, -0.05) is 18.2 Å². The zero-order valence-corrected chi connectivity index (χ0v) is 10.9. The van der Waals surface area contributed by atoms with Gasteiger partial charge in [0.05, 0.1) is 6.61 Å². The average molecular weight is 267 g/mol. The Labute approximate surface area is 111 Å². The van der Waals surface area contributed by atoms with Crippen LogP contribution in [-0.4, -0.2) is 35.2 Å². The maximum Gasteiger partial charge on any atom is 0.321 e. The molecule has 1 aliphatic rings. The fourth-order valence-corrected chi connectivity index (χ4v) is 3.16. The van der Waals surface area contributed by atoms with Gasteiger partial charge in [0, 0.05) is 11.5 Å². The van der Waals surface area contributed by atoms with Crippen LogP contribution in [0.15, 0.2) is 24.3 Å². The van der Waals surface area contributed by atoms with Gasteiger partial charge in [-0.2, -0.15) is 11.8 Å². The highest BCUT2D eigenvalue weighted by Gasteiger charge is 2.21. The van der Waals surface area contributed by atoms with E-state index in [1.807, 2.05) is 18.2 Å². The molecular formula is C13H17NO3S. The Kier molecular flexibility index (Phi) is 4.49. The van der Waals surface area contributed by atoms with Gasteiger partial charge < -0.3 is 15.6 Å². The topological polar surface area (TPSA) is 72.5 Å². The van der Waals surface area contributed by atoms with Gasteiger partial charge in [0.1, 0.15) is 11.8 Å². The van der Waals surface area contributed by atoms with Gasteiger partial charge in [-0.15, -0.1) is 0 Å². The molecule has 1 aromatic carbocycles. The summed E-state index contributed by atoms with van der Waals surface area (Å²) >= 11 is 1.60. The molecule has 0 saturated heterocycles. The van der Waals surface area contributed by atoms with Gasteiger partial charge in [0.25, 0.3) is 0 Å². The van der Waals surface area contributed by atoms with Gasteiger partial charge in [-0.3, -0.25) is 4.79 Å². The third kappa shape index (κ3) is 3.17. The number of carboxylic acids is 1. The second kappa shape index (κ2) is 6.11. The minimum absolute atomic E-state index is 0.431. The molecule has 1 aromatic rings. The van der Waals surface area contributed by atoms with Gasteiger partial charge in [-0.25, -0.2) is 0 Å². The van der Waals surface area contributed by atoms with E-state index in [2.05, 4.69) is 6.07 Å². The molecule has 0 amide bonds. The van der Waals surface area contributed by atoms with Crippen molar-refractivity contribution in [2.45, 2.75) is 18.4 Å². The number of fused-ring (bicyclic) bond motifs is 1. The van der Waals surface area contributed by atoms with Crippen molar-refractivity contribution in [2.75, 3.05) is 18.1 Å². The Morgan fingerprint density at radius 1 is 1.56 bits per heavy atom. The normalized spacial score (nSPS) is 19.7. The second-order valence-electron chi connectivity index (χ2n) is 4.35. The summed E-state index contributed by atoms with van der Waals surface area (Å²) in [6, 6.07) is 7.26. The van der Waals surface area contributed by atoms with Crippen LogP contribution in [0.25, 0.3) is 0 Å². The standard InChI is InChI=1S/C13H17NO3S/c14-11(13(15)16)8-18-7-9-5-6-17-12-4-2-1-3-10(9)12/h1-4,9,11H,5-8,14H2,(H,15,16)/t9?,11-/m1/s1. The monoisotopic (exact) mass is 267 g/mol.